The van der Waals surface area contributed by atoms with E-state index in [9.17, 15) is 9.59 Å². The highest BCUT2D eigenvalue weighted by molar-refractivity contribution is 7.12. The Hall–Kier alpha value is -3.52. The minimum absolute atomic E-state index is 0.0757. The Balaban J connectivity index is 1.74. The first kappa shape index (κ1) is 20.7. The van der Waals surface area contributed by atoms with Gasteiger partial charge in [0.15, 0.2) is 5.65 Å². The largest absolute Gasteiger partial charge is 0.495 e. The van der Waals surface area contributed by atoms with Crippen molar-refractivity contribution in [3.8, 4) is 17.0 Å². The van der Waals surface area contributed by atoms with Crippen molar-refractivity contribution in [3.05, 3.63) is 64.6 Å². The van der Waals surface area contributed by atoms with Gasteiger partial charge in [0.25, 0.3) is 0 Å². The molecule has 4 aromatic rings. The van der Waals surface area contributed by atoms with Crippen molar-refractivity contribution in [2.45, 2.75) is 20.3 Å². The van der Waals surface area contributed by atoms with Crippen LogP contribution in [-0.4, -0.2) is 33.4 Å². The van der Waals surface area contributed by atoms with Gasteiger partial charge in [0.1, 0.15) is 5.75 Å². The fourth-order valence-corrected chi connectivity index (χ4v) is 4.03. The predicted octanol–water partition coefficient (Wildman–Crippen LogP) is 4.68. The summed E-state index contributed by atoms with van der Waals surface area (Å²) in [6.07, 6.45) is 3.61. The fourth-order valence-electron chi connectivity index (χ4n) is 3.35. The first-order chi connectivity index (χ1) is 15.0. The average Bonchev–Trinajstić information content (AvgIpc) is 3.42. The van der Waals surface area contributed by atoms with Gasteiger partial charge < -0.3 is 10.1 Å². The molecule has 0 saturated carbocycles. The molecule has 3 aromatic heterocycles. The molecule has 0 saturated heterocycles. The molecule has 0 fully saturated rings. The molecule has 0 atom stereocenters. The van der Waals surface area contributed by atoms with Crippen LogP contribution in [0.15, 0.2) is 54.2 Å². The van der Waals surface area contributed by atoms with E-state index < -0.39 is 0 Å². The van der Waals surface area contributed by atoms with E-state index in [0.29, 0.717) is 33.9 Å². The van der Waals surface area contributed by atoms with Gasteiger partial charge in [-0.25, -0.2) is 9.50 Å². The second-order valence-corrected chi connectivity index (χ2v) is 8.44. The molecule has 0 unspecified atom stereocenters. The van der Waals surface area contributed by atoms with Crippen LogP contribution >= 0.6 is 11.3 Å². The number of carbonyl (C=O) groups excluding carboxylic acids is 2. The van der Waals surface area contributed by atoms with E-state index in [-0.39, 0.29) is 17.6 Å². The Morgan fingerprint density at radius 3 is 2.77 bits per heavy atom. The third-order valence-electron chi connectivity index (χ3n) is 4.75. The zero-order valence-electron chi connectivity index (χ0n) is 17.5. The molecule has 31 heavy (non-hydrogen) atoms. The number of aromatic nitrogens is 3. The van der Waals surface area contributed by atoms with Crippen LogP contribution in [0.25, 0.3) is 16.9 Å². The summed E-state index contributed by atoms with van der Waals surface area (Å²) >= 11 is 1.39. The lowest BCUT2D eigenvalue weighted by Crippen LogP contribution is -2.14. The molecule has 7 nitrogen and oxygen atoms in total. The smallest absolute Gasteiger partial charge is 0.224 e. The maximum atomic E-state index is 12.8. The molecule has 8 heteroatoms. The number of hydrogen-bond acceptors (Lipinski definition) is 6. The summed E-state index contributed by atoms with van der Waals surface area (Å²) in [5, 5.41) is 9.21. The second-order valence-electron chi connectivity index (χ2n) is 7.49. The second kappa shape index (κ2) is 8.69. The number of rotatable bonds is 7. The van der Waals surface area contributed by atoms with Crippen LogP contribution in [-0.2, 0) is 4.79 Å². The van der Waals surface area contributed by atoms with Crippen molar-refractivity contribution in [2.75, 3.05) is 12.4 Å². The molecule has 0 radical (unpaired) electrons. The van der Waals surface area contributed by atoms with Crippen LogP contribution in [0.4, 0.5) is 5.69 Å². The number of thiophene rings is 1. The number of ketones is 1. The lowest BCUT2D eigenvalue weighted by atomic mass is 10.1. The van der Waals surface area contributed by atoms with Crippen molar-refractivity contribution >= 4 is 34.4 Å². The highest BCUT2D eigenvalue weighted by Gasteiger charge is 2.19. The van der Waals surface area contributed by atoms with Gasteiger partial charge in [-0.2, -0.15) is 5.10 Å². The number of amides is 1. The van der Waals surface area contributed by atoms with Crippen LogP contribution in [0.1, 0.15) is 35.5 Å². The predicted molar refractivity (Wildman–Crippen MR) is 121 cm³/mol. The first-order valence-electron chi connectivity index (χ1n) is 9.87. The normalized spacial score (nSPS) is 11.1. The highest BCUT2D eigenvalue weighted by Crippen LogP contribution is 2.31. The van der Waals surface area contributed by atoms with Crippen molar-refractivity contribution < 1.29 is 14.3 Å². The summed E-state index contributed by atoms with van der Waals surface area (Å²) in [7, 11) is 1.56. The van der Waals surface area contributed by atoms with E-state index >= 15 is 0 Å². The Morgan fingerprint density at radius 1 is 1.23 bits per heavy atom. The van der Waals surface area contributed by atoms with Gasteiger partial charge in [-0.05, 0) is 41.6 Å². The minimum Gasteiger partial charge on any atom is -0.495 e. The number of nitrogens with zero attached hydrogens (tertiary/aromatic N) is 3. The van der Waals surface area contributed by atoms with Gasteiger partial charge in [-0.15, -0.1) is 11.3 Å². The van der Waals surface area contributed by atoms with Crippen LogP contribution < -0.4 is 10.1 Å². The minimum atomic E-state index is -0.106. The molecule has 158 valence electrons. The molecular formula is C23H22N4O3S. The number of anilines is 1. The molecule has 1 amide bonds. The number of methoxy groups -OCH3 is 1. The molecular weight excluding hydrogens is 412 g/mol. The van der Waals surface area contributed by atoms with E-state index in [2.05, 4.69) is 15.4 Å². The summed E-state index contributed by atoms with van der Waals surface area (Å²) < 4.78 is 7.05. The van der Waals surface area contributed by atoms with Gasteiger partial charge >= 0.3 is 0 Å². The summed E-state index contributed by atoms with van der Waals surface area (Å²) in [6, 6.07) is 11.0. The van der Waals surface area contributed by atoms with E-state index in [1.165, 1.54) is 11.3 Å². The number of nitrogens with one attached hydrogen (secondary N) is 1. The van der Waals surface area contributed by atoms with Gasteiger partial charge in [0.05, 0.1) is 35.1 Å². The van der Waals surface area contributed by atoms with Gasteiger partial charge in [-0.1, -0.05) is 19.9 Å². The lowest BCUT2D eigenvalue weighted by Gasteiger charge is -2.13. The summed E-state index contributed by atoms with van der Waals surface area (Å²) in [4.78, 5) is 30.2. The summed E-state index contributed by atoms with van der Waals surface area (Å²) in [5.41, 5.74) is 3.07. The van der Waals surface area contributed by atoms with Crippen LogP contribution in [0.2, 0.25) is 0 Å². The monoisotopic (exact) mass is 434 g/mol. The topological polar surface area (TPSA) is 85.6 Å². The molecule has 0 aliphatic carbocycles. The van der Waals surface area contributed by atoms with Gasteiger partial charge in [-0.3, -0.25) is 9.59 Å². The quantitative estimate of drug-likeness (QED) is 0.427. The molecule has 3 heterocycles. The Kier molecular flexibility index (Phi) is 5.81. The van der Waals surface area contributed by atoms with E-state index in [4.69, 9.17) is 4.74 Å². The van der Waals surface area contributed by atoms with Crippen molar-refractivity contribution in [2.24, 2.45) is 5.92 Å². The van der Waals surface area contributed by atoms with E-state index in [0.717, 1.165) is 11.3 Å². The summed E-state index contributed by atoms with van der Waals surface area (Å²) in [6.45, 7) is 3.99. The van der Waals surface area contributed by atoms with Gasteiger partial charge in [0.2, 0.25) is 11.7 Å². The van der Waals surface area contributed by atoms with Crippen LogP contribution in [0.3, 0.4) is 0 Å². The van der Waals surface area contributed by atoms with Crippen molar-refractivity contribution in [1.82, 2.24) is 14.6 Å². The van der Waals surface area contributed by atoms with Crippen molar-refractivity contribution in [3.63, 3.8) is 0 Å². The van der Waals surface area contributed by atoms with Crippen molar-refractivity contribution in [1.29, 1.82) is 0 Å². The van der Waals surface area contributed by atoms with Crippen LogP contribution in [0, 0.1) is 5.92 Å². The van der Waals surface area contributed by atoms with Crippen LogP contribution in [0.5, 0.6) is 5.75 Å². The number of ether oxygens (including phenoxy) is 1. The Morgan fingerprint density at radius 2 is 2.06 bits per heavy atom. The number of fused-ring (bicyclic) bond motifs is 1. The van der Waals surface area contributed by atoms with Gasteiger partial charge in [0, 0.05) is 18.2 Å². The molecule has 0 spiro atoms. The molecule has 1 aromatic carbocycles. The third kappa shape index (κ3) is 4.20. The zero-order chi connectivity index (χ0) is 22.0. The number of carbonyl (C=O) groups is 2. The summed E-state index contributed by atoms with van der Waals surface area (Å²) in [5.74, 6) is 0.636. The first-order valence-corrected chi connectivity index (χ1v) is 10.7. The Labute approximate surface area is 183 Å². The average molecular weight is 435 g/mol. The standard InChI is InChI=1S/C23H22N4O3S/c1-14(2)11-21(28)26-17-12-15(6-7-19(17)30-3)18-8-9-24-23-16(13-25-27(18)23)22(29)20-5-4-10-31-20/h4-10,12-14H,11H2,1-3H3,(H,26,28). The molecule has 0 aliphatic rings. The SMILES string of the molecule is COc1ccc(-c2ccnc3c(C(=O)c4cccs4)cnn23)cc1NC(=O)CC(C)C. The molecule has 1 N–H and O–H groups in total. The maximum Gasteiger partial charge on any atom is 0.224 e. The number of benzene rings is 1. The van der Waals surface area contributed by atoms with E-state index in [1.54, 1.807) is 36.2 Å². The van der Waals surface area contributed by atoms with E-state index in [1.807, 2.05) is 43.5 Å². The fraction of sp³-hybridized carbons (Fsp3) is 0.217. The molecule has 4 rings (SSSR count). The maximum absolute atomic E-state index is 12.8. The Bertz CT molecular complexity index is 1250. The zero-order valence-corrected chi connectivity index (χ0v) is 18.3. The third-order valence-corrected chi connectivity index (χ3v) is 5.62. The molecule has 0 bridgehead atoms. The highest BCUT2D eigenvalue weighted by atomic mass is 32.1. The number of hydrogen-bond donors (Lipinski definition) is 1. The lowest BCUT2D eigenvalue weighted by molar-refractivity contribution is -0.116. The molecule has 0 aliphatic heterocycles.